The fraction of sp³-hybridized carbons (Fsp3) is 0.333. The molecule has 2 aliphatic heterocycles. The molecule has 2 atom stereocenters. The summed E-state index contributed by atoms with van der Waals surface area (Å²) in [5.41, 5.74) is 0.995. The molecule has 0 radical (unpaired) electrons. The first-order valence-electron chi connectivity index (χ1n) is 7.23. The third-order valence-corrected chi connectivity index (χ3v) is 3.88. The van der Waals surface area contributed by atoms with E-state index in [1.807, 2.05) is 30.3 Å². The summed E-state index contributed by atoms with van der Waals surface area (Å²) in [6, 6.07) is 8.40. The largest absolute Gasteiger partial charge is 0.350 e. The van der Waals surface area contributed by atoms with Gasteiger partial charge in [0.1, 0.15) is 0 Å². The van der Waals surface area contributed by atoms with Crippen LogP contribution in [0.4, 0.5) is 4.79 Å². The quantitative estimate of drug-likeness (QED) is 0.785. The van der Waals surface area contributed by atoms with Crippen LogP contribution < -0.4 is 10.6 Å². The SMILES string of the molecule is CN1C(=O)NC(=O)C2C1N=CN2CC(=O)NCc1ccccc1. The summed E-state index contributed by atoms with van der Waals surface area (Å²) >= 11 is 0. The van der Waals surface area contributed by atoms with Crippen molar-refractivity contribution < 1.29 is 14.4 Å². The number of nitrogens with zero attached hydrogens (tertiary/aromatic N) is 3. The van der Waals surface area contributed by atoms with Crippen molar-refractivity contribution in [3.8, 4) is 0 Å². The Morgan fingerprint density at radius 2 is 2.04 bits per heavy atom. The lowest BCUT2D eigenvalue weighted by Gasteiger charge is -2.35. The van der Waals surface area contributed by atoms with E-state index in [4.69, 9.17) is 0 Å². The third-order valence-electron chi connectivity index (χ3n) is 3.88. The average molecular weight is 315 g/mol. The molecule has 1 fully saturated rings. The predicted octanol–water partition coefficient (Wildman–Crippen LogP) is -0.477. The summed E-state index contributed by atoms with van der Waals surface area (Å²) in [5, 5.41) is 5.06. The number of carbonyl (C=O) groups excluding carboxylic acids is 3. The summed E-state index contributed by atoms with van der Waals surface area (Å²) in [6.07, 6.45) is 0.865. The number of rotatable bonds is 4. The van der Waals surface area contributed by atoms with Crippen molar-refractivity contribution >= 4 is 24.2 Å². The van der Waals surface area contributed by atoms with E-state index >= 15 is 0 Å². The summed E-state index contributed by atoms with van der Waals surface area (Å²) in [6.45, 7) is 0.427. The lowest BCUT2D eigenvalue weighted by atomic mass is 10.1. The van der Waals surface area contributed by atoms with Crippen molar-refractivity contribution in [2.24, 2.45) is 4.99 Å². The maximum atomic E-state index is 12.1. The van der Waals surface area contributed by atoms with Gasteiger partial charge >= 0.3 is 6.03 Å². The number of aliphatic imine (C=N–C) groups is 1. The molecule has 4 amide bonds. The van der Waals surface area contributed by atoms with Gasteiger partial charge in [-0.3, -0.25) is 14.9 Å². The van der Waals surface area contributed by atoms with Gasteiger partial charge in [0.05, 0.1) is 12.9 Å². The third kappa shape index (κ3) is 3.01. The molecule has 3 rings (SSSR count). The van der Waals surface area contributed by atoms with E-state index in [1.54, 1.807) is 11.9 Å². The molecule has 0 aromatic heterocycles. The Morgan fingerprint density at radius 1 is 1.30 bits per heavy atom. The van der Waals surface area contributed by atoms with Crippen molar-refractivity contribution in [3.63, 3.8) is 0 Å². The highest BCUT2D eigenvalue weighted by Gasteiger charge is 2.45. The first-order valence-corrected chi connectivity index (χ1v) is 7.23. The normalized spacial score (nSPS) is 22.8. The van der Waals surface area contributed by atoms with E-state index in [0.717, 1.165) is 5.56 Å². The monoisotopic (exact) mass is 315 g/mol. The van der Waals surface area contributed by atoms with Crippen molar-refractivity contribution in [2.45, 2.75) is 18.8 Å². The van der Waals surface area contributed by atoms with Gasteiger partial charge in [-0.25, -0.2) is 9.79 Å². The molecule has 1 aromatic rings. The second kappa shape index (κ2) is 6.07. The zero-order valence-corrected chi connectivity index (χ0v) is 12.6. The molecule has 8 nitrogen and oxygen atoms in total. The Balaban J connectivity index is 1.58. The van der Waals surface area contributed by atoms with Gasteiger partial charge in [0.25, 0.3) is 5.91 Å². The van der Waals surface area contributed by atoms with Gasteiger partial charge in [-0.05, 0) is 5.56 Å². The van der Waals surface area contributed by atoms with Crippen LogP contribution in [0.25, 0.3) is 0 Å². The van der Waals surface area contributed by atoms with Gasteiger partial charge in [0, 0.05) is 13.6 Å². The molecule has 2 N–H and O–H groups in total. The lowest BCUT2D eigenvalue weighted by molar-refractivity contribution is -0.128. The molecule has 1 aromatic carbocycles. The van der Waals surface area contributed by atoms with Crippen LogP contribution >= 0.6 is 0 Å². The smallest absolute Gasteiger partial charge is 0.325 e. The molecule has 2 unspecified atom stereocenters. The van der Waals surface area contributed by atoms with Crippen molar-refractivity contribution in [1.82, 2.24) is 20.4 Å². The molecular weight excluding hydrogens is 298 g/mol. The molecule has 23 heavy (non-hydrogen) atoms. The van der Waals surface area contributed by atoms with Crippen LogP contribution in [0.3, 0.4) is 0 Å². The second-order valence-corrected chi connectivity index (χ2v) is 5.46. The minimum atomic E-state index is -0.667. The van der Waals surface area contributed by atoms with Crippen LogP contribution in [-0.4, -0.2) is 59.8 Å². The summed E-state index contributed by atoms with van der Waals surface area (Å²) in [5.74, 6) is -0.653. The molecule has 0 aliphatic carbocycles. The Labute approximate surface area is 133 Å². The average Bonchev–Trinajstić information content (AvgIpc) is 2.96. The van der Waals surface area contributed by atoms with Crippen molar-refractivity contribution in [2.75, 3.05) is 13.6 Å². The molecule has 0 saturated carbocycles. The van der Waals surface area contributed by atoms with Gasteiger partial charge in [-0.15, -0.1) is 0 Å². The molecule has 1 saturated heterocycles. The first kappa shape index (κ1) is 15.0. The zero-order chi connectivity index (χ0) is 16.4. The number of likely N-dealkylation sites (N-methyl/N-ethyl adjacent to an activating group) is 1. The molecule has 0 bridgehead atoms. The standard InChI is InChI=1S/C15H17N5O3/c1-19-13-12(14(22)18-15(19)23)20(9-17-13)8-11(21)16-7-10-5-3-2-4-6-10/h2-6,9,12-13H,7-8H2,1H3,(H,16,21)(H,18,22,23). The van der Waals surface area contributed by atoms with Crippen LogP contribution in [0, 0.1) is 0 Å². The topological polar surface area (TPSA) is 94.1 Å². The van der Waals surface area contributed by atoms with Crippen LogP contribution in [0.1, 0.15) is 5.56 Å². The van der Waals surface area contributed by atoms with Gasteiger partial charge < -0.3 is 15.1 Å². The molecule has 2 aliphatic rings. The number of fused-ring (bicyclic) bond motifs is 1. The molecule has 0 spiro atoms. The fourth-order valence-corrected chi connectivity index (χ4v) is 2.62. The molecule has 8 heteroatoms. The Morgan fingerprint density at radius 3 is 2.78 bits per heavy atom. The van der Waals surface area contributed by atoms with E-state index in [-0.39, 0.29) is 12.5 Å². The maximum Gasteiger partial charge on any atom is 0.325 e. The lowest BCUT2D eigenvalue weighted by Crippen LogP contribution is -2.63. The Bertz CT molecular complexity index is 660. The van der Waals surface area contributed by atoms with E-state index < -0.39 is 24.1 Å². The van der Waals surface area contributed by atoms with Crippen molar-refractivity contribution in [1.29, 1.82) is 0 Å². The fourth-order valence-electron chi connectivity index (χ4n) is 2.62. The van der Waals surface area contributed by atoms with E-state index in [0.29, 0.717) is 6.54 Å². The minimum absolute atomic E-state index is 0.00690. The summed E-state index contributed by atoms with van der Waals surface area (Å²) in [4.78, 5) is 42.7. The molecular formula is C15H17N5O3. The van der Waals surface area contributed by atoms with Gasteiger partial charge in [0.2, 0.25) is 5.91 Å². The summed E-state index contributed by atoms with van der Waals surface area (Å²) < 4.78 is 0. The van der Waals surface area contributed by atoms with E-state index in [9.17, 15) is 14.4 Å². The number of amides is 4. The van der Waals surface area contributed by atoms with Crippen LogP contribution in [-0.2, 0) is 16.1 Å². The van der Waals surface area contributed by atoms with Crippen molar-refractivity contribution in [3.05, 3.63) is 35.9 Å². The highest BCUT2D eigenvalue weighted by atomic mass is 16.2. The maximum absolute atomic E-state index is 12.1. The van der Waals surface area contributed by atoms with Crippen LogP contribution in [0.2, 0.25) is 0 Å². The number of urea groups is 1. The molecule has 120 valence electrons. The zero-order valence-electron chi connectivity index (χ0n) is 12.6. The highest BCUT2D eigenvalue weighted by molar-refractivity contribution is 6.02. The van der Waals surface area contributed by atoms with Gasteiger partial charge in [0.15, 0.2) is 12.2 Å². The van der Waals surface area contributed by atoms with Gasteiger partial charge in [-0.2, -0.15) is 0 Å². The van der Waals surface area contributed by atoms with Crippen LogP contribution in [0.5, 0.6) is 0 Å². The predicted molar refractivity (Wildman–Crippen MR) is 82.4 cm³/mol. The number of benzene rings is 1. The number of nitrogens with one attached hydrogen (secondary N) is 2. The molecule has 2 heterocycles. The highest BCUT2D eigenvalue weighted by Crippen LogP contribution is 2.20. The Kier molecular flexibility index (Phi) is 3.96. The number of hydrogen-bond donors (Lipinski definition) is 2. The first-order chi connectivity index (χ1) is 11.1. The number of imide groups is 1. The summed E-state index contributed by atoms with van der Waals surface area (Å²) in [7, 11) is 1.57. The van der Waals surface area contributed by atoms with E-state index in [2.05, 4.69) is 15.6 Å². The Hall–Kier alpha value is -2.90. The van der Waals surface area contributed by atoms with Crippen LogP contribution in [0.15, 0.2) is 35.3 Å². The second-order valence-electron chi connectivity index (χ2n) is 5.46. The number of carbonyl (C=O) groups is 3. The van der Waals surface area contributed by atoms with Gasteiger partial charge in [-0.1, -0.05) is 30.3 Å². The minimum Gasteiger partial charge on any atom is -0.350 e. The van der Waals surface area contributed by atoms with E-state index in [1.165, 1.54) is 11.2 Å². The number of hydrogen-bond acceptors (Lipinski definition) is 5.